The van der Waals surface area contributed by atoms with E-state index in [0.29, 0.717) is 0 Å². The Balaban J connectivity index is 0.951. The van der Waals surface area contributed by atoms with Crippen LogP contribution < -0.4 is 9.80 Å². The van der Waals surface area contributed by atoms with Crippen molar-refractivity contribution in [3.05, 3.63) is 228 Å². The molecule has 0 aliphatic carbocycles. The van der Waals surface area contributed by atoms with Gasteiger partial charge < -0.3 is 9.80 Å². The van der Waals surface area contributed by atoms with Gasteiger partial charge in [0.2, 0.25) is 0 Å². The van der Waals surface area contributed by atoms with Gasteiger partial charge in [-0.1, -0.05) is 146 Å². The van der Waals surface area contributed by atoms with Crippen LogP contribution in [0.25, 0.3) is 34.4 Å². The van der Waals surface area contributed by atoms with Crippen molar-refractivity contribution < 1.29 is 0 Å². The Morgan fingerprint density at radius 3 is 1.11 bits per heavy atom. The number of rotatable bonds is 10. The SMILES string of the molecule is Cc1cc(C)cc(N(c2ccc(-c3ccc(/C=C/c4ccc(-c5ccc(N(c6ccccc6)c6ccccc6)cc5)cc4)cc3)cc2)c2ccccc2C)c1. The summed E-state index contributed by atoms with van der Waals surface area (Å²) < 4.78 is 0. The van der Waals surface area contributed by atoms with Crippen molar-refractivity contribution in [2.45, 2.75) is 20.8 Å². The molecule has 8 aromatic rings. The molecule has 0 spiro atoms. The molecule has 0 saturated heterocycles. The Labute approximate surface area is 325 Å². The van der Waals surface area contributed by atoms with Gasteiger partial charge in [0.25, 0.3) is 0 Å². The van der Waals surface area contributed by atoms with Crippen molar-refractivity contribution in [1.82, 2.24) is 0 Å². The van der Waals surface area contributed by atoms with Crippen molar-refractivity contribution in [3.63, 3.8) is 0 Å². The number of aryl methyl sites for hydroxylation is 3. The van der Waals surface area contributed by atoms with E-state index in [0.717, 1.165) is 22.7 Å². The maximum Gasteiger partial charge on any atom is 0.0490 e. The quantitative estimate of drug-likeness (QED) is 0.131. The van der Waals surface area contributed by atoms with E-state index in [4.69, 9.17) is 0 Å². The molecular formula is C53H44N2. The van der Waals surface area contributed by atoms with E-state index < -0.39 is 0 Å². The minimum Gasteiger partial charge on any atom is -0.311 e. The highest BCUT2D eigenvalue weighted by Gasteiger charge is 2.16. The van der Waals surface area contributed by atoms with Crippen molar-refractivity contribution in [2.24, 2.45) is 0 Å². The lowest BCUT2D eigenvalue weighted by atomic mass is 10.0. The molecule has 0 unspecified atom stereocenters. The lowest BCUT2D eigenvalue weighted by molar-refractivity contribution is 1.23. The van der Waals surface area contributed by atoms with Crippen molar-refractivity contribution in [2.75, 3.05) is 9.80 Å². The third-order valence-electron chi connectivity index (χ3n) is 10.1. The number of hydrogen-bond donors (Lipinski definition) is 0. The van der Waals surface area contributed by atoms with Crippen LogP contribution in [-0.4, -0.2) is 0 Å². The van der Waals surface area contributed by atoms with Crippen molar-refractivity contribution >= 4 is 46.3 Å². The number of anilines is 6. The highest BCUT2D eigenvalue weighted by molar-refractivity contribution is 5.82. The fraction of sp³-hybridized carbons (Fsp3) is 0.0566. The van der Waals surface area contributed by atoms with Crippen LogP contribution in [-0.2, 0) is 0 Å². The van der Waals surface area contributed by atoms with Gasteiger partial charge >= 0.3 is 0 Å². The van der Waals surface area contributed by atoms with Gasteiger partial charge in [-0.05, 0) is 138 Å². The van der Waals surface area contributed by atoms with Gasteiger partial charge in [0, 0.05) is 34.1 Å². The van der Waals surface area contributed by atoms with E-state index in [1.165, 1.54) is 61.4 Å². The molecule has 0 amide bonds. The average Bonchev–Trinajstić information content (AvgIpc) is 3.22. The van der Waals surface area contributed by atoms with E-state index in [9.17, 15) is 0 Å². The third kappa shape index (κ3) is 8.05. The average molecular weight is 709 g/mol. The first-order valence-corrected chi connectivity index (χ1v) is 18.9. The highest BCUT2D eigenvalue weighted by atomic mass is 15.1. The molecule has 0 atom stereocenters. The van der Waals surface area contributed by atoms with Gasteiger partial charge in [-0.2, -0.15) is 0 Å². The Morgan fingerprint density at radius 2 is 0.673 bits per heavy atom. The molecule has 2 heteroatoms. The van der Waals surface area contributed by atoms with Gasteiger partial charge in [0.05, 0.1) is 0 Å². The lowest BCUT2D eigenvalue weighted by Crippen LogP contribution is -2.11. The van der Waals surface area contributed by atoms with Gasteiger partial charge in [-0.3, -0.25) is 0 Å². The van der Waals surface area contributed by atoms with E-state index in [2.05, 4.69) is 243 Å². The van der Waals surface area contributed by atoms with Crippen molar-refractivity contribution in [3.8, 4) is 22.3 Å². The smallest absolute Gasteiger partial charge is 0.0490 e. The summed E-state index contributed by atoms with van der Waals surface area (Å²) in [5, 5.41) is 0. The first kappa shape index (κ1) is 35.1. The summed E-state index contributed by atoms with van der Waals surface area (Å²) in [7, 11) is 0. The Kier molecular flexibility index (Phi) is 10.2. The standard InChI is InChI=1S/C53H44N2/c1-39-36-40(2)38-52(37-39)55(53-17-11-10-12-41(53)3)51-34-30-47(31-35-51)45-26-22-43(23-27-45)19-18-42-20-24-44(25-21-42)46-28-32-50(33-29-46)54(48-13-6-4-7-14-48)49-15-8-5-9-16-49/h4-38H,1-3H3/b19-18+. The van der Waals surface area contributed by atoms with Crippen LogP contribution in [0.3, 0.4) is 0 Å². The van der Waals surface area contributed by atoms with Crippen molar-refractivity contribution in [1.29, 1.82) is 0 Å². The fourth-order valence-corrected chi connectivity index (χ4v) is 7.29. The first-order chi connectivity index (χ1) is 27.0. The van der Waals surface area contributed by atoms with E-state index in [1.54, 1.807) is 0 Å². The molecule has 0 saturated carbocycles. The molecule has 55 heavy (non-hydrogen) atoms. The predicted octanol–water partition coefficient (Wildman–Crippen LogP) is 15.1. The van der Waals surface area contributed by atoms with Crippen LogP contribution in [0.15, 0.2) is 200 Å². The van der Waals surface area contributed by atoms with Gasteiger partial charge in [0.15, 0.2) is 0 Å². The Hall–Kier alpha value is -6.90. The molecule has 0 aliphatic heterocycles. The van der Waals surface area contributed by atoms with E-state index >= 15 is 0 Å². The molecule has 8 rings (SSSR count). The summed E-state index contributed by atoms with van der Waals surface area (Å²) in [4.78, 5) is 4.65. The topological polar surface area (TPSA) is 6.48 Å². The molecule has 0 radical (unpaired) electrons. The van der Waals surface area contributed by atoms with E-state index in [1.807, 2.05) is 0 Å². The molecule has 2 nitrogen and oxygen atoms in total. The zero-order chi connectivity index (χ0) is 37.6. The molecule has 0 fully saturated rings. The second-order valence-electron chi connectivity index (χ2n) is 14.1. The molecule has 0 aromatic heterocycles. The number of benzene rings is 8. The highest BCUT2D eigenvalue weighted by Crippen LogP contribution is 2.39. The van der Waals surface area contributed by atoms with Gasteiger partial charge in [0.1, 0.15) is 0 Å². The summed E-state index contributed by atoms with van der Waals surface area (Å²) in [5.74, 6) is 0. The normalized spacial score (nSPS) is 11.1. The molecule has 0 aliphatic rings. The van der Waals surface area contributed by atoms with Gasteiger partial charge in [-0.25, -0.2) is 0 Å². The second-order valence-corrected chi connectivity index (χ2v) is 14.1. The monoisotopic (exact) mass is 708 g/mol. The zero-order valence-electron chi connectivity index (χ0n) is 31.6. The van der Waals surface area contributed by atoms with Crippen LogP contribution in [0.1, 0.15) is 27.8 Å². The second kappa shape index (κ2) is 16.0. The number of hydrogen-bond acceptors (Lipinski definition) is 2. The number of para-hydroxylation sites is 3. The summed E-state index contributed by atoms with van der Waals surface area (Å²) in [6.07, 6.45) is 4.36. The number of nitrogens with zero attached hydrogens (tertiary/aromatic N) is 2. The third-order valence-corrected chi connectivity index (χ3v) is 10.1. The van der Waals surface area contributed by atoms with Crippen LogP contribution in [0, 0.1) is 20.8 Å². The lowest BCUT2D eigenvalue weighted by Gasteiger charge is -2.28. The maximum absolute atomic E-state index is 2.36. The predicted molar refractivity (Wildman–Crippen MR) is 236 cm³/mol. The molecular weight excluding hydrogens is 665 g/mol. The summed E-state index contributed by atoms with van der Waals surface area (Å²) in [5.41, 5.74) is 17.8. The van der Waals surface area contributed by atoms with E-state index in [-0.39, 0.29) is 0 Å². The summed E-state index contributed by atoms with van der Waals surface area (Å²) >= 11 is 0. The molecule has 0 N–H and O–H groups in total. The molecule has 8 aromatic carbocycles. The van der Waals surface area contributed by atoms with Crippen LogP contribution in [0.5, 0.6) is 0 Å². The van der Waals surface area contributed by atoms with Gasteiger partial charge in [-0.15, -0.1) is 0 Å². The minimum absolute atomic E-state index is 1.13. The summed E-state index contributed by atoms with van der Waals surface area (Å²) in [6, 6.07) is 71.7. The first-order valence-electron chi connectivity index (χ1n) is 18.9. The fourth-order valence-electron chi connectivity index (χ4n) is 7.29. The Morgan fingerprint density at radius 1 is 0.309 bits per heavy atom. The van der Waals surface area contributed by atoms with Crippen LogP contribution in [0.4, 0.5) is 34.1 Å². The molecule has 0 bridgehead atoms. The van der Waals surface area contributed by atoms with Crippen LogP contribution >= 0.6 is 0 Å². The largest absolute Gasteiger partial charge is 0.311 e. The Bertz CT molecular complexity index is 2460. The summed E-state index contributed by atoms with van der Waals surface area (Å²) in [6.45, 7) is 6.51. The molecule has 266 valence electrons. The minimum atomic E-state index is 1.13. The van der Waals surface area contributed by atoms with Crippen LogP contribution in [0.2, 0.25) is 0 Å². The molecule has 0 heterocycles. The maximum atomic E-state index is 2.36. The zero-order valence-corrected chi connectivity index (χ0v) is 31.6.